The number of rotatable bonds is 5. The zero-order chi connectivity index (χ0) is 21.2. The second-order valence-electron chi connectivity index (χ2n) is 7.01. The van der Waals surface area contributed by atoms with Crippen molar-refractivity contribution >= 4 is 5.91 Å². The number of amides is 1. The number of hydrogen-bond acceptors (Lipinski definition) is 2. The highest BCUT2D eigenvalue weighted by atomic mass is 19.4. The van der Waals surface area contributed by atoms with Crippen LogP contribution in [0.15, 0.2) is 48.8 Å². The van der Waals surface area contributed by atoms with Crippen LogP contribution >= 0.6 is 0 Å². The number of aromatic nitrogens is 2. The van der Waals surface area contributed by atoms with E-state index >= 15 is 0 Å². The molecule has 0 aliphatic carbocycles. The molecule has 4 nitrogen and oxygen atoms in total. The van der Waals surface area contributed by atoms with E-state index in [4.69, 9.17) is 0 Å². The van der Waals surface area contributed by atoms with E-state index in [0.717, 1.165) is 34.5 Å². The third kappa shape index (κ3) is 4.50. The molecule has 7 heteroatoms. The smallest absolute Gasteiger partial charge is 0.347 e. The molecule has 1 N–H and O–H groups in total. The van der Waals surface area contributed by atoms with Crippen LogP contribution in [0.3, 0.4) is 0 Å². The summed E-state index contributed by atoms with van der Waals surface area (Å²) >= 11 is 0. The molecule has 29 heavy (non-hydrogen) atoms. The second-order valence-corrected chi connectivity index (χ2v) is 7.01. The number of hydrogen-bond donors (Lipinski definition) is 1. The summed E-state index contributed by atoms with van der Waals surface area (Å²) in [6.45, 7) is 6.13. The highest BCUT2D eigenvalue weighted by molar-refractivity contribution is 5.95. The highest BCUT2D eigenvalue weighted by Crippen LogP contribution is 2.30. The van der Waals surface area contributed by atoms with Crippen molar-refractivity contribution < 1.29 is 18.0 Å². The average molecular weight is 401 g/mol. The molecule has 0 aliphatic heterocycles. The van der Waals surface area contributed by atoms with E-state index in [-0.39, 0.29) is 12.5 Å². The molecule has 0 atom stereocenters. The molecule has 1 aromatic carbocycles. The summed E-state index contributed by atoms with van der Waals surface area (Å²) in [5.41, 5.74) is 3.73. The van der Waals surface area contributed by atoms with Crippen molar-refractivity contribution in [3.8, 4) is 0 Å². The Hall–Kier alpha value is -3.09. The van der Waals surface area contributed by atoms with Crippen LogP contribution in [0, 0.1) is 20.8 Å². The van der Waals surface area contributed by atoms with Crippen LogP contribution in [0.2, 0.25) is 0 Å². The van der Waals surface area contributed by atoms with Gasteiger partial charge in [0, 0.05) is 31.2 Å². The van der Waals surface area contributed by atoms with Crippen molar-refractivity contribution in [3.05, 3.63) is 88.0 Å². The number of nitrogens with one attached hydrogen (secondary N) is 1. The molecule has 0 aliphatic rings. The Morgan fingerprint density at radius 2 is 1.79 bits per heavy atom. The molecule has 0 saturated carbocycles. The summed E-state index contributed by atoms with van der Waals surface area (Å²) in [7, 11) is 0. The van der Waals surface area contributed by atoms with Gasteiger partial charge in [-0.05, 0) is 61.2 Å². The van der Waals surface area contributed by atoms with Crippen LogP contribution in [0.1, 0.15) is 44.0 Å². The molecule has 0 saturated heterocycles. The van der Waals surface area contributed by atoms with Gasteiger partial charge < -0.3 is 9.88 Å². The maximum atomic E-state index is 13.0. The third-order valence-electron chi connectivity index (χ3n) is 5.12. The Balaban J connectivity index is 1.90. The standard InChI is InChI=1S/C22H22F3N3O/c1-14-15(2)20(21(29)27-12-18-7-5-9-26-11-18)28(16(14)3)13-17-6-4-8-19(10-17)22(23,24)25/h4-11H,12-13H2,1-3H3,(H,27,29). The molecule has 0 spiro atoms. The first kappa shape index (κ1) is 20.6. The first-order valence-corrected chi connectivity index (χ1v) is 9.18. The van der Waals surface area contributed by atoms with E-state index < -0.39 is 11.7 Å². The Labute approximate surface area is 167 Å². The number of carbonyl (C=O) groups excluding carboxylic acids is 1. The van der Waals surface area contributed by atoms with Crippen LogP contribution in [0.25, 0.3) is 0 Å². The van der Waals surface area contributed by atoms with Crippen molar-refractivity contribution in [1.82, 2.24) is 14.9 Å². The summed E-state index contributed by atoms with van der Waals surface area (Å²) in [5.74, 6) is -0.269. The van der Waals surface area contributed by atoms with Crippen molar-refractivity contribution in [2.75, 3.05) is 0 Å². The largest absolute Gasteiger partial charge is 0.416 e. The third-order valence-corrected chi connectivity index (χ3v) is 5.12. The van der Waals surface area contributed by atoms with Crippen LogP contribution in [-0.4, -0.2) is 15.5 Å². The van der Waals surface area contributed by atoms with Crippen molar-refractivity contribution in [2.24, 2.45) is 0 Å². The summed E-state index contributed by atoms with van der Waals surface area (Å²) in [4.78, 5) is 16.9. The van der Waals surface area contributed by atoms with Gasteiger partial charge in [-0.3, -0.25) is 9.78 Å². The average Bonchev–Trinajstić information content (AvgIpc) is 2.90. The van der Waals surface area contributed by atoms with Crippen molar-refractivity contribution in [2.45, 2.75) is 40.0 Å². The van der Waals surface area contributed by atoms with Crippen LogP contribution in [-0.2, 0) is 19.3 Å². The molecule has 152 valence electrons. The monoisotopic (exact) mass is 401 g/mol. The fourth-order valence-corrected chi connectivity index (χ4v) is 3.31. The minimum atomic E-state index is -4.41. The van der Waals surface area contributed by atoms with Gasteiger partial charge in [0.2, 0.25) is 0 Å². The van der Waals surface area contributed by atoms with E-state index in [2.05, 4.69) is 10.3 Å². The summed E-state index contributed by atoms with van der Waals surface area (Å²) < 4.78 is 40.9. The number of carbonyl (C=O) groups is 1. The molecule has 1 amide bonds. The number of nitrogens with zero attached hydrogens (tertiary/aromatic N) is 2. The minimum absolute atomic E-state index is 0.181. The van der Waals surface area contributed by atoms with Crippen LogP contribution in [0.4, 0.5) is 13.2 Å². The van der Waals surface area contributed by atoms with Crippen LogP contribution in [0.5, 0.6) is 0 Å². The van der Waals surface area contributed by atoms with E-state index in [1.54, 1.807) is 29.1 Å². The lowest BCUT2D eigenvalue weighted by molar-refractivity contribution is -0.137. The highest BCUT2D eigenvalue weighted by Gasteiger charge is 2.30. The molecule has 3 rings (SSSR count). The first-order chi connectivity index (χ1) is 13.7. The molecule has 2 heterocycles. The lowest BCUT2D eigenvalue weighted by Gasteiger charge is -2.14. The van der Waals surface area contributed by atoms with Crippen molar-refractivity contribution in [3.63, 3.8) is 0 Å². The lowest BCUT2D eigenvalue weighted by atomic mass is 10.1. The molecule has 0 fully saturated rings. The van der Waals surface area contributed by atoms with Gasteiger partial charge in [-0.2, -0.15) is 13.2 Å². The number of pyridine rings is 1. The number of benzene rings is 1. The number of alkyl halides is 3. The van der Waals surface area contributed by atoms with Crippen LogP contribution < -0.4 is 5.32 Å². The lowest BCUT2D eigenvalue weighted by Crippen LogP contribution is -2.26. The molecule has 0 unspecified atom stereocenters. The van der Waals surface area contributed by atoms with Gasteiger partial charge in [0.15, 0.2) is 0 Å². The van der Waals surface area contributed by atoms with Gasteiger partial charge >= 0.3 is 6.18 Å². The maximum absolute atomic E-state index is 13.0. The Morgan fingerprint density at radius 1 is 1.07 bits per heavy atom. The number of halogens is 3. The molecular weight excluding hydrogens is 379 g/mol. The quantitative estimate of drug-likeness (QED) is 0.667. The van der Waals surface area contributed by atoms with E-state index in [1.165, 1.54) is 6.07 Å². The molecule has 3 aromatic rings. The summed E-state index contributed by atoms with van der Waals surface area (Å²) in [5, 5.41) is 2.88. The Morgan fingerprint density at radius 3 is 2.45 bits per heavy atom. The topological polar surface area (TPSA) is 46.9 Å². The van der Waals surface area contributed by atoms with Crippen molar-refractivity contribution in [1.29, 1.82) is 0 Å². The fourth-order valence-electron chi connectivity index (χ4n) is 3.31. The van der Waals surface area contributed by atoms with Gasteiger partial charge in [-0.1, -0.05) is 18.2 Å². The summed E-state index contributed by atoms with van der Waals surface area (Å²) in [6.07, 6.45) is -1.08. The zero-order valence-electron chi connectivity index (χ0n) is 16.5. The fraction of sp³-hybridized carbons (Fsp3) is 0.273. The maximum Gasteiger partial charge on any atom is 0.416 e. The normalized spacial score (nSPS) is 11.5. The van der Waals surface area contributed by atoms with Gasteiger partial charge in [0.25, 0.3) is 5.91 Å². The predicted molar refractivity (Wildman–Crippen MR) is 105 cm³/mol. The van der Waals surface area contributed by atoms with E-state index in [0.29, 0.717) is 17.8 Å². The molecule has 0 bridgehead atoms. The van der Waals surface area contributed by atoms with Gasteiger partial charge in [-0.15, -0.1) is 0 Å². The second kappa shape index (κ2) is 8.11. The van der Waals surface area contributed by atoms with Gasteiger partial charge in [-0.25, -0.2) is 0 Å². The Kier molecular flexibility index (Phi) is 5.77. The predicted octanol–water partition coefficient (Wildman–Crippen LogP) is 4.81. The van der Waals surface area contributed by atoms with E-state index in [9.17, 15) is 18.0 Å². The first-order valence-electron chi connectivity index (χ1n) is 9.18. The van der Waals surface area contributed by atoms with Gasteiger partial charge in [0.1, 0.15) is 5.69 Å². The SMILES string of the molecule is Cc1c(C)c(C(=O)NCc2cccnc2)n(Cc2cccc(C(F)(F)F)c2)c1C. The molecule has 2 aromatic heterocycles. The molecular formula is C22H22F3N3O. The summed E-state index contributed by atoms with van der Waals surface area (Å²) in [6, 6.07) is 8.84. The van der Waals surface area contributed by atoms with Gasteiger partial charge in [0.05, 0.1) is 5.56 Å². The van der Waals surface area contributed by atoms with E-state index in [1.807, 2.05) is 26.8 Å². The zero-order valence-corrected chi connectivity index (χ0v) is 16.5. The Bertz CT molecular complexity index is 1020. The molecule has 0 radical (unpaired) electrons. The minimum Gasteiger partial charge on any atom is -0.347 e.